The second-order valence-electron chi connectivity index (χ2n) is 4.70. The van der Waals surface area contributed by atoms with Crippen LogP contribution in [-0.2, 0) is 9.53 Å². The van der Waals surface area contributed by atoms with Gasteiger partial charge in [-0.05, 0) is 30.7 Å². The minimum absolute atomic E-state index is 0.248. The van der Waals surface area contributed by atoms with E-state index in [0.29, 0.717) is 5.56 Å². The van der Waals surface area contributed by atoms with Crippen molar-refractivity contribution in [3.63, 3.8) is 0 Å². The van der Waals surface area contributed by atoms with Gasteiger partial charge in [0.15, 0.2) is 0 Å². The number of aliphatic hydroxyl groups is 2. The van der Waals surface area contributed by atoms with Crippen LogP contribution >= 0.6 is 0 Å². The molecular formula is C15H17NO4. The lowest BCUT2D eigenvalue weighted by atomic mass is 10.0. The number of aryl methyl sites for hydroxylation is 1. The lowest BCUT2D eigenvalue weighted by molar-refractivity contribution is -0.144. The van der Waals surface area contributed by atoms with Gasteiger partial charge >= 0.3 is 5.97 Å². The highest BCUT2D eigenvalue weighted by Gasteiger charge is 2.22. The molecule has 0 radical (unpaired) electrons. The Hall–Kier alpha value is -1.98. The Kier molecular flexibility index (Phi) is 4.32. The molecule has 1 aromatic heterocycles. The summed E-state index contributed by atoms with van der Waals surface area (Å²) in [7, 11) is 1.24. The molecule has 0 fully saturated rings. The SMILES string of the molecule is COC(=O)CC(O)C(O)c1ccc2nc(C)ccc2c1. The highest BCUT2D eigenvalue weighted by atomic mass is 16.5. The molecule has 2 unspecified atom stereocenters. The number of carbonyl (C=O) groups is 1. The minimum atomic E-state index is -1.20. The number of rotatable bonds is 4. The third-order valence-corrected chi connectivity index (χ3v) is 3.16. The van der Waals surface area contributed by atoms with Crippen LogP contribution in [0.5, 0.6) is 0 Å². The van der Waals surface area contributed by atoms with Crippen molar-refractivity contribution in [3.8, 4) is 0 Å². The number of hydrogen-bond donors (Lipinski definition) is 2. The molecule has 2 rings (SSSR count). The Balaban J connectivity index is 2.23. The molecule has 5 heteroatoms. The zero-order valence-electron chi connectivity index (χ0n) is 11.4. The summed E-state index contributed by atoms with van der Waals surface area (Å²) in [4.78, 5) is 15.5. The molecular weight excluding hydrogens is 258 g/mol. The van der Waals surface area contributed by atoms with Gasteiger partial charge in [-0.1, -0.05) is 12.1 Å². The summed E-state index contributed by atoms with van der Waals surface area (Å²) in [6.07, 6.45) is -2.58. The van der Waals surface area contributed by atoms with Crippen LogP contribution in [0.3, 0.4) is 0 Å². The normalized spacial score (nSPS) is 14.0. The molecule has 0 bridgehead atoms. The van der Waals surface area contributed by atoms with Crippen molar-refractivity contribution in [2.24, 2.45) is 0 Å². The first kappa shape index (κ1) is 14.4. The van der Waals surface area contributed by atoms with Gasteiger partial charge in [0.2, 0.25) is 0 Å². The van der Waals surface area contributed by atoms with Crippen LogP contribution in [0.15, 0.2) is 30.3 Å². The maximum atomic E-state index is 11.1. The predicted molar refractivity (Wildman–Crippen MR) is 74.1 cm³/mol. The molecule has 0 spiro atoms. The monoisotopic (exact) mass is 275 g/mol. The first-order valence-corrected chi connectivity index (χ1v) is 6.31. The summed E-state index contributed by atoms with van der Waals surface area (Å²) in [6, 6.07) is 9.02. The van der Waals surface area contributed by atoms with Crippen LogP contribution in [-0.4, -0.2) is 34.4 Å². The molecule has 2 atom stereocenters. The highest BCUT2D eigenvalue weighted by Crippen LogP contribution is 2.23. The molecule has 0 aliphatic rings. The number of benzene rings is 1. The lowest BCUT2D eigenvalue weighted by Gasteiger charge is -2.17. The maximum Gasteiger partial charge on any atom is 0.308 e. The Labute approximate surface area is 116 Å². The largest absolute Gasteiger partial charge is 0.469 e. The van der Waals surface area contributed by atoms with E-state index in [9.17, 15) is 15.0 Å². The molecule has 0 aliphatic heterocycles. The van der Waals surface area contributed by atoms with E-state index in [0.717, 1.165) is 16.6 Å². The van der Waals surface area contributed by atoms with Crippen LogP contribution in [0, 0.1) is 6.92 Å². The summed E-state index contributed by atoms with van der Waals surface area (Å²) in [5.74, 6) is -0.561. The lowest BCUT2D eigenvalue weighted by Crippen LogP contribution is -2.22. The van der Waals surface area contributed by atoms with Gasteiger partial charge in [0.05, 0.1) is 25.2 Å². The summed E-state index contributed by atoms with van der Waals surface area (Å²) in [5.41, 5.74) is 2.28. The van der Waals surface area contributed by atoms with Crippen molar-refractivity contribution in [2.45, 2.75) is 25.6 Å². The van der Waals surface area contributed by atoms with Crippen molar-refractivity contribution in [2.75, 3.05) is 7.11 Å². The van der Waals surface area contributed by atoms with E-state index < -0.39 is 18.2 Å². The fourth-order valence-corrected chi connectivity index (χ4v) is 2.02. The number of ether oxygens (including phenoxy) is 1. The Morgan fingerprint density at radius 2 is 2.05 bits per heavy atom. The second-order valence-corrected chi connectivity index (χ2v) is 4.70. The Bertz CT molecular complexity index is 626. The van der Waals surface area contributed by atoms with E-state index in [1.165, 1.54) is 7.11 Å². The quantitative estimate of drug-likeness (QED) is 0.827. The summed E-state index contributed by atoms with van der Waals surface area (Å²) < 4.78 is 4.47. The number of aromatic nitrogens is 1. The number of pyridine rings is 1. The molecule has 0 amide bonds. The predicted octanol–water partition coefficient (Wildman–Crippen LogP) is 1.50. The number of carbonyl (C=O) groups excluding carboxylic acids is 1. The zero-order valence-corrected chi connectivity index (χ0v) is 11.4. The maximum absolute atomic E-state index is 11.1. The van der Waals surface area contributed by atoms with E-state index >= 15 is 0 Å². The van der Waals surface area contributed by atoms with Crippen LogP contribution in [0.1, 0.15) is 23.8 Å². The van der Waals surface area contributed by atoms with Crippen molar-refractivity contribution in [3.05, 3.63) is 41.6 Å². The molecule has 2 N–H and O–H groups in total. The van der Waals surface area contributed by atoms with E-state index in [-0.39, 0.29) is 6.42 Å². The summed E-state index contributed by atoms with van der Waals surface area (Å²) in [5, 5.41) is 20.8. The fraction of sp³-hybridized carbons (Fsp3) is 0.333. The highest BCUT2D eigenvalue weighted by molar-refractivity contribution is 5.79. The topological polar surface area (TPSA) is 79.7 Å². The standard InChI is InChI=1S/C15H17NO4/c1-9-3-4-10-7-11(5-6-12(10)16-9)15(19)13(17)8-14(18)20-2/h3-7,13,15,17,19H,8H2,1-2H3. The molecule has 5 nitrogen and oxygen atoms in total. The van der Waals surface area contributed by atoms with Crippen molar-refractivity contribution >= 4 is 16.9 Å². The molecule has 1 aromatic carbocycles. The number of fused-ring (bicyclic) bond motifs is 1. The van der Waals surface area contributed by atoms with Gasteiger partial charge in [-0.15, -0.1) is 0 Å². The van der Waals surface area contributed by atoms with Gasteiger partial charge in [-0.3, -0.25) is 9.78 Å². The summed E-state index contributed by atoms with van der Waals surface area (Å²) in [6.45, 7) is 1.91. The fourth-order valence-electron chi connectivity index (χ4n) is 2.02. The van der Waals surface area contributed by atoms with Gasteiger partial charge < -0.3 is 14.9 Å². The first-order chi connectivity index (χ1) is 9.51. The van der Waals surface area contributed by atoms with E-state index in [2.05, 4.69) is 9.72 Å². The smallest absolute Gasteiger partial charge is 0.308 e. The van der Waals surface area contributed by atoms with Crippen molar-refractivity contribution in [1.82, 2.24) is 4.98 Å². The third-order valence-electron chi connectivity index (χ3n) is 3.16. The van der Waals surface area contributed by atoms with Crippen LogP contribution < -0.4 is 0 Å². The third kappa shape index (κ3) is 3.12. The number of methoxy groups -OCH3 is 1. The van der Waals surface area contributed by atoms with Gasteiger partial charge in [0, 0.05) is 11.1 Å². The summed E-state index contributed by atoms with van der Waals surface area (Å²) >= 11 is 0. The average Bonchev–Trinajstić information content (AvgIpc) is 2.45. The average molecular weight is 275 g/mol. The minimum Gasteiger partial charge on any atom is -0.469 e. The molecule has 20 heavy (non-hydrogen) atoms. The molecule has 106 valence electrons. The van der Waals surface area contributed by atoms with Gasteiger partial charge in [0.25, 0.3) is 0 Å². The van der Waals surface area contributed by atoms with E-state index in [1.54, 1.807) is 18.2 Å². The van der Waals surface area contributed by atoms with Crippen LogP contribution in [0.2, 0.25) is 0 Å². The van der Waals surface area contributed by atoms with E-state index in [1.807, 2.05) is 19.1 Å². The zero-order chi connectivity index (χ0) is 14.7. The van der Waals surface area contributed by atoms with Crippen molar-refractivity contribution < 1.29 is 19.7 Å². The van der Waals surface area contributed by atoms with Crippen molar-refractivity contribution in [1.29, 1.82) is 0 Å². The Morgan fingerprint density at radius 3 is 2.75 bits per heavy atom. The number of nitrogens with zero attached hydrogens (tertiary/aromatic N) is 1. The van der Waals surface area contributed by atoms with Crippen LogP contribution in [0.4, 0.5) is 0 Å². The number of hydrogen-bond acceptors (Lipinski definition) is 5. The van der Waals surface area contributed by atoms with Gasteiger partial charge in [0.1, 0.15) is 6.10 Å². The number of aliphatic hydroxyl groups excluding tert-OH is 2. The van der Waals surface area contributed by atoms with Crippen LogP contribution in [0.25, 0.3) is 10.9 Å². The van der Waals surface area contributed by atoms with E-state index in [4.69, 9.17) is 0 Å². The molecule has 1 heterocycles. The molecule has 2 aromatic rings. The second kappa shape index (κ2) is 5.98. The van der Waals surface area contributed by atoms with Gasteiger partial charge in [-0.25, -0.2) is 0 Å². The number of esters is 1. The molecule has 0 aliphatic carbocycles. The molecule has 0 saturated heterocycles. The molecule has 0 saturated carbocycles. The first-order valence-electron chi connectivity index (χ1n) is 6.31. The van der Waals surface area contributed by atoms with Gasteiger partial charge in [-0.2, -0.15) is 0 Å². The Morgan fingerprint density at radius 1 is 1.30 bits per heavy atom.